The molecule has 13 nitrogen and oxygen atoms in total. The molecule has 4 heterocycles. The van der Waals surface area contributed by atoms with Crippen molar-refractivity contribution in [1.82, 2.24) is 30.2 Å². The molecule has 2 aromatic heterocycles. The van der Waals surface area contributed by atoms with Gasteiger partial charge in [-0.1, -0.05) is 11.3 Å². The van der Waals surface area contributed by atoms with Crippen LogP contribution in [0.3, 0.4) is 0 Å². The molecule has 1 saturated heterocycles. The number of imide groups is 2. The van der Waals surface area contributed by atoms with E-state index in [9.17, 15) is 24.0 Å². The smallest absolute Gasteiger partial charge is 0.264 e. The van der Waals surface area contributed by atoms with Gasteiger partial charge in [0.05, 0.1) is 23.0 Å². The van der Waals surface area contributed by atoms with Crippen LogP contribution >= 0.6 is 0 Å². The minimum absolute atomic E-state index is 0.0111. The van der Waals surface area contributed by atoms with E-state index >= 15 is 0 Å². The quantitative estimate of drug-likeness (QED) is 0.505. The zero-order valence-electron chi connectivity index (χ0n) is 17.8. The van der Waals surface area contributed by atoms with Crippen LogP contribution in [0.1, 0.15) is 39.3 Å². The summed E-state index contributed by atoms with van der Waals surface area (Å²) < 4.78 is 6.44. The highest BCUT2D eigenvalue weighted by atomic mass is 16.3. The first-order valence-corrected chi connectivity index (χ1v) is 10.3. The zero-order chi connectivity index (χ0) is 24.0. The molecule has 5 rings (SSSR count). The number of oxazole rings is 1. The van der Waals surface area contributed by atoms with Crippen LogP contribution in [0.2, 0.25) is 0 Å². The molecule has 0 saturated carbocycles. The van der Waals surface area contributed by atoms with Crippen molar-refractivity contribution in [2.75, 3.05) is 5.32 Å². The molecule has 1 fully saturated rings. The fraction of sp³-hybridized carbons (Fsp3) is 0.238. The number of piperidine rings is 1. The van der Waals surface area contributed by atoms with Crippen LogP contribution in [0.15, 0.2) is 35.2 Å². The van der Waals surface area contributed by atoms with E-state index in [1.54, 1.807) is 6.92 Å². The molecule has 34 heavy (non-hydrogen) atoms. The van der Waals surface area contributed by atoms with Crippen LogP contribution in [0.5, 0.6) is 0 Å². The molecule has 1 unspecified atom stereocenters. The molecule has 172 valence electrons. The van der Waals surface area contributed by atoms with Crippen molar-refractivity contribution in [3.63, 3.8) is 0 Å². The first-order valence-electron chi connectivity index (χ1n) is 10.3. The molecular formula is C21H17N7O6. The molecule has 5 amide bonds. The van der Waals surface area contributed by atoms with E-state index in [0.29, 0.717) is 17.1 Å². The third-order valence-electron chi connectivity index (χ3n) is 5.57. The van der Waals surface area contributed by atoms with Crippen molar-refractivity contribution in [3.05, 3.63) is 47.7 Å². The summed E-state index contributed by atoms with van der Waals surface area (Å²) in [6.07, 6.45) is 2.86. The molecule has 2 N–H and O–H groups in total. The number of carbonyl (C=O) groups is 5. The number of aromatic nitrogens is 4. The number of amides is 5. The summed E-state index contributed by atoms with van der Waals surface area (Å²) >= 11 is 0. The number of fused-ring (bicyclic) bond motifs is 1. The summed E-state index contributed by atoms with van der Waals surface area (Å²) in [5.74, 6) is -2.49. The van der Waals surface area contributed by atoms with E-state index in [4.69, 9.17) is 4.42 Å². The molecule has 1 atom stereocenters. The van der Waals surface area contributed by atoms with Crippen LogP contribution in [0.4, 0.5) is 5.69 Å². The number of nitrogens with one attached hydrogen (secondary N) is 2. The summed E-state index contributed by atoms with van der Waals surface area (Å²) in [7, 11) is 0. The molecule has 3 aromatic rings. The number of aryl methyl sites for hydroxylation is 1. The molecule has 0 spiro atoms. The largest absolute Gasteiger partial charge is 0.448 e. The maximum atomic E-state index is 13.1. The second kappa shape index (κ2) is 8.03. The van der Waals surface area contributed by atoms with Crippen molar-refractivity contribution >= 4 is 35.2 Å². The lowest BCUT2D eigenvalue weighted by Crippen LogP contribution is -2.54. The topological polar surface area (TPSA) is 169 Å². The predicted octanol–water partition coefficient (Wildman–Crippen LogP) is 0.281. The van der Waals surface area contributed by atoms with Gasteiger partial charge in [-0.25, -0.2) is 9.67 Å². The van der Waals surface area contributed by atoms with Crippen LogP contribution in [0, 0.1) is 6.92 Å². The highest BCUT2D eigenvalue weighted by Gasteiger charge is 2.45. The average Bonchev–Trinajstić information content (AvgIpc) is 3.48. The summed E-state index contributed by atoms with van der Waals surface area (Å²) in [4.78, 5) is 67.2. The summed E-state index contributed by atoms with van der Waals surface area (Å²) in [5, 5.41) is 12.6. The van der Waals surface area contributed by atoms with Gasteiger partial charge in [-0.15, -0.1) is 5.10 Å². The highest BCUT2D eigenvalue weighted by Crippen LogP contribution is 2.32. The van der Waals surface area contributed by atoms with Crippen molar-refractivity contribution in [2.45, 2.75) is 32.4 Å². The number of hydrogen-bond acceptors (Lipinski definition) is 9. The number of nitrogens with zero attached hydrogens (tertiary/aromatic N) is 5. The lowest BCUT2D eigenvalue weighted by Gasteiger charge is -2.27. The standard InChI is InChI=1S/C21H17N7O6/c1-10-18(22-9-34-10)13-7-27(26-25-13)8-16(30)23-12-4-2-3-11-17(12)21(33)28(20(11)32)14-5-6-15(29)24-19(14)31/h2-4,7,9,14H,5-6,8H2,1H3,(H,23,30)(H,24,29,31). The minimum Gasteiger partial charge on any atom is -0.448 e. The van der Waals surface area contributed by atoms with Gasteiger partial charge in [-0.3, -0.25) is 34.2 Å². The summed E-state index contributed by atoms with van der Waals surface area (Å²) in [6.45, 7) is 1.51. The molecule has 0 radical (unpaired) electrons. The van der Waals surface area contributed by atoms with Gasteiger partial charge in [0.25, 0.3) is 11.8 Å². The number of benzene rings is 1. The number of carbonyl (C=O) groups excluding carboxylic acids is 5. The Morgan fingerprint density at radius 2 is 2.06 bits per heavy atom. The van der Waals surface area contributed by atoms with Crippen LogP contribution in [-0.2, 0) is 20.9 Å². The Labute approximate surface area is 191 Å². The third kappa shape index (κ3) is 3.52. The van der Waals surface area contributed by atoms with Crippen molar-refractivity contribution in [3.8, 4) is 11.4 Å². The van der Waals surface area contributed by atoms with Crippen molar-refractivity contribution in [2.24, 2.45) is 0 Å². The van der Waals surface area contributed by atoms with Gasteiger partial charge in [0.2, 0.25) is 17.7 Å². The first kappa shape index (κ1) is 21.2. The third-order valence-corrected chi connectivity index (χ3v) is 5.57. The van der Waals surface area contributed by atoms with Crippen LogP contribution in [0.25, 0.3) is 11.4 Å². The van der Waals surface area contributed by atoms with Crippen LogP contribution in [-0.4, -0.2) is 60.5 Å². The van der Waals surface area contributed by atoms with Gasteiger partial charge < -0.3 is 9.73 Å². The number of anilines is 1. The fourth-order valence-corrected chi connectivity index (χ4v) is 3.99. The molecule has 0 bridgehead atoms. The molecule has 2 aliphatic heterocycles. The Bertz CT molecular complexity index is 1370. The Hall–Kier alpha value is -4.68. The molecule has 1 aromatic carbocycles. The van der Waals surface area contributed by atoms with E-state index in [1.165, 1.54) is 35.5 Å². The van der Waals surface area contributed by atoms with Gasteiger partial charge in [0, 0.05) is 6.42 Å². The fourth-order valence-electron chi connectivity index (χ4n) is 3.99. The predicted molar refractivity (Wildman–Crippen MR) is 112 cm³/mol. The minimum atomic E-state index is -1.10. The maximum Gasteiger partial charge on any atom is 0.264 e. The van der Waals surface area contributed by atoms with Gasteiger partial charge in [0.15, 0.2) is 6.39 Å². The lowest BCUT2D eigenvalue weighted by molar-refractivity contribution is -0.136. The van der Waals surface area contributed by atoms with E-state index in [2.05, 4.69) is 25.9 Å². The molecule has 0 aliphatic carbocycles. The van der Waals surface area contributed by atoms with Crippen molar-refractivity contribution in [1.29, 1.82) is 0 Å². The second-order valence-corrected chi connectivity index (χ2v) is 7.78. The van der Waals surface area contributed by atoms with Gasteiger partial charge in [0.1, 0.15) is 29.7 Å². The van der Waals surface area contributed by atoms with E-state index < -0.39 is 35.6 Å². The Kier molecular flexibility index (Phi) is 5.00. The van der Waals surface area contributed by atoms with Crippen LogP contribution < -0.4 is 10.6 Å². The lowest BCUT2D eigenvalue weighted by atomic mass is 10.0. The Morgan fingerprint density at radius 1 is 1.24 bits per heavy atom. The maximum absolute atomic E-state index is 13.1. The normalized spacial score (nSPS) is 17.7. The van der Waals surface area contributed by atoms with E-state index in [0.717, 1.165) is 4.90 Å². The highest BCUT2D eigenvalue weighted by molar-refractivity contribution is 6.26. The molecule has 13 heteroatoms. The number of rotatable bonds is 5. The van der Waals surface area contributed by atoms with Gasteiger partial charge >= 0.3 is 0 Å². The number of hydrogen-bond donors (Lipinski definition) is 2. The zero-order valence-corrected chi connectivity index (χ0v) is 17.8. The van der Waals surface area contributed by atoms with E-state index in [-0.39, 0.29) is 36.2 Å². The first-order chi connectivity index (χ1) is 16.3. The summed E-state index contributed by atoms with van der Waals surface area (Å²) in [6, 6.07) is 3.36. The second-order valence-electron chi connectivity index (χ2n) is 7.78. The van der Waals surface area contributed by atoms with E-state index in [1.807, 2.05) is 0 Å². The molecular weight excluding hydrogens is 446 g/mol. The van der Waals surface area contributed by atoms with Gasteiger partial charge in [-0.05, 0) is 25.5 Å². The Morgan fingerprint density at radius 3 is 2.79 bits per heavy atom. The SMILES string of the molecule is Cc1ocnc1-c1cn(CC(=O)Nc2cccc3c2C(=O)N(C2CCC(=O)NC2=O)C3=O)nn1. The van der Waals surface area contributed by atoms with Crippen molar-refractivity contribution < 1.29 is 28.4 Å². The average molecular weight is 463 g/mol. The Balaban J connectivity index is 1.34. The van der Waals surface area contributed by atoms with Gasteiger partial charge in [-0.2, -0.15) is 0 Å². The monoisotopic (exact) mass is 463 g/mol. The molecule has 2 aliphatic rings. The summed E-state index contributed by atoms with van der Waals surface area (Å²) in [5.41, 5.74) is 1.12.